The van der Waals surface area contributed by atoms with Crippen molar-refractivity contribution in [1.82, 2.24) is 5.32 Å². The molecule has 0 saturated heterocycles. The van der Waals surface area contributed by atoms with E-state index >= 15 is 0 Å². The number of aryl methyl sites for hydroxylation is 1. The van der Waals surface area contributed by atoms with Gasteiger partial charge in [-0.05, 0) is 38.2 Å². The molecule has 1 aromatic carbocycles. The Morgan fingerprint density at radius 2 is 2.19 bits per heavy atom. The third-order valence-corrected chi connectivity index (χ3v) is 3.65. The van der Waals surface area contributed by atoms with Gasteiger partial charge in [0.15, 0.2) is 0 Å². The van der Waals surface area contributed by atoms with E-state index in [4.69, 9.17) is 5.11 Å². The zero-order valence-corrected chi connectivity index (χ0v) is 10.00. The number of rotatable bonds is 5. The normalized spacial score (nSPS) is 18.1. The Bertz CT molecular complexity index is 344. The Balaban J connectivity index is 1.91. The molecule has 0 amide bonds. The number of nitrogens with one attached hydrogen (secondary N) is 1. The average Bonchev–Trinajstić information content (AvgIpc) is 2.22. The van der Waals surface area contributed by atoms with Crippen LogP contribution in [0, 0.1) is 6.92 Å². The van der Waals surface area contributed by atoms with Gasteiger partial charge in [0.05, 0.1) is 0 Å². The highest BCUT2D eigenvalue weighted by molar-refractivity contribution is 5.22. The minimum Gasteiger partial charge on any atom is -0.396 e. The van der Waals surface area contributed by atoms with Crippen LogP contribution in [0.1, 0.15) is 36.8 Å². The van der Waals surface area contributed by atoms with Crippen molar-refractivity contribution in [1.29, 1.82) is 0 Å². The van der Waals surface area contributed by atoms with Crippen molar-refractivity contribution in [2.75, 3.05) is 6.61 Å². The van der Waals surface area contributed by atoms with E-state index in [0.29, 0.717) is 6.61 Å². The average molecular weight is 219 g/mol. The van der Waals surface area contributed by atoms with E-state index in [1.165, 1.54) is 30.4 Å². The monoisotopic (exact) mass is 219 g/mol. The molecule has 1 saturated carbocycles. The van der Waals surface area contributed by atoms with Crippen LogP contribution in [0.3, 0.4) is 0 Å². The summed E-state index contributed by atoms with van der Waals surface area (Å²) in [5.41, 5.74) is 2.87. The second-order valence-electron chi connectivity index (χ2n) is 4.95. The lowest BCUT2D eigenvalue weighted by Crippen LogP contribution is -2.51. The Hall–Kier alpha value is -0.860. The first-order chi connectivity index (χ1) is 7.74. The van der Waals surface area contributed by atoms with E-state index in [1.807, 2.05) is 0 Å². The Labute approximate surface area is 97.7 Å². The van der Waals surface area contributed by atoms with Crippen molar-refractivity contribution in [2.24, 2.45) is 0 Å². The highest BCUT2D eigenvalue weighted by Gasteiger charge is 2.35. The lowest BCUT2D eigenvalue weighted by atomic mass is 9.74. The Morgan fingerprint density at radius 3 is 2.75 bits per heavy atom. The molecule has 1 aliphatic carbocycles. The number of benzene rings is 1. The van der Waals surface area contributed by atoms with Gasteiger partial charge in [0, 0.05) is 18.7 Å². The molecule has 0 radical (unpaired) electrons. The van der Waals surface area contributed by atoms with Crippen LogP contribution in [0.25, 0.3) is 0 Å². The summed E-state index contributed by atoms with van der Waals surface area (Å²) in [6.45, 7) is 3.33. The smallest absolute Gasteiger partial charge is 0.0448 e. The summed E-state index contributed by atoms with van der Waals surface area (Å²) in [4.78, 5) is 0. The van der Waals surface area contributed by atoms with Crippen molar-refractivity contribution in [3.63, 3.8) is 0 Å². The van der Waals surface area contributed by atoms with Gasteiger partial charge in [-0.3, -0.25) is 0 Å². The van der Waals surface area contributed by atoms with E-state index in [1.54, 1.807) is 0 Å². The highest BCUT2D eigenvalue weighted by Crippen LogP contribution is 2.34. The van der Waals surface area contributed by atoms with E-state index in [0.717, 1.165) is 13.0 Å². The number of aliphatic hydroxyl groups excluding tert-OH is 1. The van der Waals surface area contributed by atoms with Crippen molar-refractivity contribution in [3.8, 4) is 0 Å². The maximum absolute atomic E-state index is 9.07. The zero-order valence-electron chi connectivity index (χ0n) is 10.00. The van der Waals surface area contributed by atoms with Crippen LogP contribution >= 0.6 is 0 Å². The summed E-state index contributed by atoms with van der Waals surface area (Å²) in [7, 11) is 0. The van der Waals surface area contributed by atoms with Crippen LogP contribution in [-0.4, -0.2) is 17.3 Å². The third kappa shape index (κ3) is 2.63. The summed E-state index contributed by atoms with van der Waals surface area (Å²) < 4.78 is 0. The predicted octanol–water partition coefficient (Wildman–Crippen LogP) is 2.39. The van der Waals surface area contributed by atoms with Gasteiger partial charge in [-0.15, -0.1) is 0 Å². The van der Waals surface area contributed by atoms with Gasteiger partial charge < -0.3 is 10.4 Å². The van der Waals surface area contributed by atoms with Crippen LogP contribution in [0.15, 0.2) is 24.3 Å². The fourth-order valence-electron chi connectivity index (χ4n) is 2.44. The molecule has 0 heterocycles. The van der Waals surface area contributed by atoms with E-state index < -0.39 is 0 Å². The molecule has 0 atom stereocenters. The van der Waals surface area contributed by atoms with E-state index in [9.17, 15) is 0 Å². The first-order valence-corrected chi connectivity index (χ1v) is 6.16. The standard InChI is InChI=1S/C14H21NO/c1-12-4-2-5-13(10-12)11-15-14(8-9-16)6-3-7-14/h2,4-5,10,15-16H,3,6-9,11H2,1H3. The summed E-state index contributed by atoms with van der Waals surface area (Å²) >= 11 is 0. The SMILES string of the molecule is Cc1cccc(CNC2(CCO)CCC2)c1. The lowest BCUT2D eigenvalue weighted by Gasteiger charge is -2.42. The van der Waals surface area contributed by atoms with Crippen molar-refractivity contribution in [3.05, 3.63) is 35.4 Å². The summed E-state index contributed by atoms with van der Waals surface area (Å²) in [5.74, 6) is 0. The molecule has 0 spiro atoms. The Kier molecular flexibility index (Phi) is 3.62. The topological polar surface area (TPSA) is 32.3 Å². The molecule has 0 aliphatic heterocycles. The lowest BCUT2D eigenvalue weighted by molar-refractivity contribution is 0.130. The molecular weight excluding hydrogens is 198 g/mol. The van der Waals surface area contributed by atoms with Crippen LogP contribution in [-0.2, 0) is 6.54 Å². The number of aliphatic hydroxyl groups is 1. The van der Waals surface area contributed by atoms with Crippen molar-refractivity contribution >= 4 is 0 Å². The van der Waals surface area contributed by atoms with E-state index in [-0.39, 0.29) is 5.54 Å². The largest absolute Gasteiger partial charge is 0.396 e. The molecule has 0 aromatic heterocycles. The van der Waals surface area contributed by atoms with Gasteiger partial charge in [0.25, 0.3) is 0 Å². The molecule has 1 fully saturated rings. The summed E-state index contributed by atoms with van der Waals surface area (Å²) in [6, 6.07) is 8.60. The minimum absolute atomic E-state index is 0.221. The maximum Gasteiger partial charge on any atom is 0.0448 e. The minimum atomic E-state index is 0.221. The van der Waals surface area contributed by atoms with Gasteiger partial charge in [-0.2, -0.15) is 0 Å². The number of hydrogen-bond acceptors (Lipinski definition) is 2. The van der Waals surface area contributed by atoms with Gasteiger partial charge in [-0.1, -0.05) is 29.8 Å². The van der Waals surface area contributed by atoms with Crippen LogP contribution < -0.4 is 5.32 Å². The van der Waals surface area contributed by atoms with Crippen LogP contribution in [0.4, 0.5) is 0 Å². The molecule has 1 aliphatic rings. The summed E-state index contributed by atoms with van der Waals surface area (Å²) in [6.07, 6.45) is 4.60. The van der Waals surface area contributed by atoms with Gasteiger partial charge in [0.1, 0.15) is 0 Å². The van der Waals surface area contributed by atoms with Crippen LogP contribution in [0.2, 0.25) is 0 Å². The molecule has 88 valence electrons. The third-order valence-electron chi connectivity index (χ3n) is 3.65. The molecule has 16 heavy (non-hydrogen) atoms. The fourth-order valence-corrected chi connectivity index (χ4v) is 2.44. The molecule has 0 unspecified atom stereocenters. The zero-order chi connectivity index (χ0) is 11.4. The van der Waals surface area contributed by atoms with Gasteiger partial charge in [-0.25, -0.2) is 0 Å². The fraction of sp³-hybridized carbons (Fsp3) is 0.571. The van der Waals surface area contributed by atoms with Gasteiger partial charge >= 0.3 is 0 Å². The van der Waals surface area contributed by atoms with Crippen LogP contribution in [0.5, 0.6) is 0 Å². The van der Waals surface area contributed by atoms with Crippen molar-refractivity contribution in [2.45, 2.75) is 44.7 Å². The molecule has 2 heteroatoms. The van der Waals surface area contributed by atoms with Gasteiger partial charge in [0.2, 0.25) is 0 Å². The quantitative estimate of drug-likeness (QED) is 0.797. The molecular formula is C14H21NO. The predicted molar refractivity (Wildman–Crippen MR) is 66.3 cm³/mol. The molecule has 2 rings (SSSR count). The van der Waals surface area contributed by atoms with Crippen molar-refractivity contribution < 1.29 is 5.11 Å². The first kappa shape index (κ1) is 11.6. The Morgan fingerprint density at radius 1 is 1.38 bits per heavy atom. The maximum atomic E-state index is 9.07. The summed E-state index contributed by atoms with van der Waals surface area (Å²) in [5, 5.41) is 12.7. The second-order valence-corrected chi connectivity index (χ2v) is 4.95. The number of hydrogen-bond donors (Lipinski definition) is 2. The second kappa shape index (κ2) is 4.98. The molecule has 1 aromatic rings. The molecule has 2 N–H and O–H groups in total. The molecule has 0 bridgehead atoms. The first-order valence-electron chi connectivity index (χ1n) is 6.16. The molecule has 2 nitrogen and oxygen atoms in total. The highest BCUT2D eigenvalue weighted by atomic mass is 16.3. The van der Waals surface area contributed by atoms with E-state index in [2.05, 4.69) is 36.5 Å².